The number of nitrogens with zero attached hydrogens (tertiary/aromatic N) is 2. The van der Waals surface area contributed by atoms with Gasteiger partial charge < -0.3 is 14.9 Å². The Morgan fingerprint density at radius 1 is 1.31 bits per heavy atom. The lowest BCUT2D eigenvalue weighted by molar-refractivity contribution is -0.114. The van der Waals surface area contributed by atoms with Crippen LogP contribution in [0.1, 0.15) is 12.5 Å². The van der Waals surface area contributed by atoms with Gasteiger partial charge in [-0.05, 0) is 6.92 Å². The third-order valence-electron chi connectivity index (χ3n) is 3.46. The van der Waals surface area contributed by atoms with Crippen molar-refractivity contribution in [3.63, 3.8) is 0 Å². The van der Waals surface area contributed by atoms with Crippen LogP contribution in [0.2, 0.25) is 0 Å². The molecule has 1 heterocycles. The molecule has 0 radical (unpaired) electrons. The first-order chi connectivity index (χ1) is 12.4. The second-order valence-corrected chi connectivity index (χ2v) is 6.04. The summed E-state index contributed by atoms with van der Waals surface area (Å²) in [5.74, 6) is -0.170. The second kappa shape index (κ2) is 8.73. The smallest absolute Gasteiger partial charge is 0.273 e. The van der Waals surface area contributed by atoms with Crippen LogP contribution in [0.4, 0.5) is 0 Å². The van der Waals surface area contributed by atoms with E-state index < -0.39 is 11.0 Å². The van der Waals surface area contributed by atoms with Crippen molar-refractivity contribution in [3.05, 3.63) is 58.8 Å². The Bertz CT molecular complexity index is 807. The Morgan fingerprint density at radius 2 is 2.00 bits per heavy atom. The summed E-state index contributed by atoms with van der Waals surface area (Å²) >= 11 is 13.4. The van der Waals surface area contributed by atoms with Crippen molar-refractivity contribution in [3.8, 4) is 5.88 Å². The number of oxime groups is 1. The van der Waals surface area contributed by atoms with E-state index in [0.717, 1.165) is 0 Å². The van der Waals surface area contributed by atoms with Crippen LogP contribution in [0, 0.1) is 0 Å². The molecule has 2 aromatic rings. The predicted octanol–water partition coefficient (Wildman–Crippen LogP) is 3.14. The number of ether oxygens (including phenoxy) is 1. The highest BCUT2D eigenvalue weighted by Gasteiger charge is 2.39. The monoisotopic (exact) mass is 396 g/mol. The fraction of sp³-hybridized carbons (Fsp3) is 0.235. The molecule has 0 saturated heterocycles. The van der Waals surface area contributed by atoms with E-state index in [1.807, 2.05) is 6.07 Å². The molecule has 0 aliphatic carbocycles. The highest BCUT2D eigenvalue weighted by molar-refractivity contribution is 6.49. The van der Waals surface area contributed by atoms with Gasteiger partial charge in [-0.1, -0.05) is 58.7 Å². The minimum absolute atomic E-state index is 0.0193. The summed E-state index contributed by atoms with van der Waals surface area (Å²) in [6.07, 6.45) is 1.52. The van der Waals surface area contributed by atoms with Gasteiger partial charge in [0.2, 0.25) is 10.9 Å². The number of nitrogens with one attached hydrogen (secondary N) is 2. The van der Waals surface area contributed by atoms with Gasteiger partial charge in [0.25, 0.3) is 5.91 Å². The van der Waals surface area contributed by atoms with Gasteiger partial charge in [0, 0.05) is 24.3 Å². The van der Waals surface area contributed by atoms with Crippen molar-refractivity contribution in [2.75, 3.05) is 14.2 Å². The van der Waals surface area contributed by atoms with Crippen LogP contribution in [0.25, 0.3) is 0 Å². The maximum Gasteiger partial charge on any atom is 0.273 e. The second-order valence-electron chi connectivity index (χ2n) is 5.12. The first-order valence-corrected chi connectivity index (χ1v) is 8.33. The van der Waals surface area contributed by atoms with Crippen molar-refractivity contribution in [1.82, 2.24) is 15.5 Å². The van der Waals surface area contributed by atoms with Gasteiger partial charge in [-0.2, -0.15) is 5.10 Å². The van der Waals surface area contributed by atoms with Crippen LogP contribution in [0.15, 0.2) is 58.4 Å². The number of hydrogen-bond donors (Lipinski definition) is 2. The van der Waals surface area contributed by atoms with Gasteiger partial charge in [-0.25, -0.2) is 5.10 Å². The van der Waals surface area contributed by atoms with E-state index in [-0.39, 0.29) is 10.7 Å². The summed E-state index contributed by atoms with van der Waals surface area (Å²) in [6, 6.07) is 10.5. The quantitative estimate of drug-likeness (QED) is 0.427. The third-order valence-corrected chi connectivity index (χ3v) is 4.59. The lowest BCUT2D eigenvalue weighted by Crippen LogP contribution is -2.33. The minimum Gasteiger partial charge on any atom is -0.446 e. The number of aromatic amines is 1. The normalized spacial score (nSPS) is 14.9. The molecule has 0 spiro atoms. The Labute approximate surface area is 161 Å². The van der Waals surface area contributed by atoms with Crippen molar-refractivity contribution < 1.29 is 14.4 Å². The van der Waals surface area contributed by atoms with Gasteiger partial charge in [-0.15, -0.1) is 0 Å². The average Bonchev–Trinajstić information content (AvgIpc) is 3.17. The summed E-state index contributed by atoms with van der Waals surface area (Å²) in [4.78, 5) is 16.9. The van der Waals surface area contributed by atoms with Gasteiger partial charge in [-0.3, -0.25) is 4.79 Å². The number of alkyl halides is 1. The van der Waals surface area contributed by atoms with Gasteiger partial charge in [0.05, 0.1) is 11.2 Å². The zero-order valence-corrected chi connectivity index (χ0v) is 15.9. The lowest BCUT2D eigenvalue weighted by atomic mass is 10.0. The molecular weight excluding hydrogens is 379 g/mol. The first-order valence-electron chi connectivity index (χ1n) is 7.57. The lowest BCUT2D eigenvalue weighted by Gasteiger charge is -2.28. The highest BCUT2D eigenvalue weighted by atomic mass is 35.5. The molecule has 26 heavy (non-hydrogen) atoms. The fourth-order valence-corrected chi connectivity index (χ4v) is 2.76. The Kier molecular flexibility index (Phi) is 6.65. The predicted molar refractivity (Wildman–Crippen MR) is 100 cm³/mol. The molecule has 2 N–H and O–H groups in total. The molecule has 1 atom stereocenters. The van der Waals surface area contributed by atoms with Crippen LogP contribution in [-0.4, -0.2) is 36.0 Å². The molecule has 0 bridgehead atoms. The first kappa shape index (κ1) is 19.8. The summed E-state index contributed by atoms with van der Waals surface area (Å²) in [6.45, 7) is 1.60. The van der Waals surface area contributed by atoms with E-state index in [1.54, 1.807) is 37.3 Å². The van der Waals surface area contributed by atoms with E-state index in [4.69, 9.17) is 32.8 Å². The summed E-state index contributed by atoms with van der Waals surface area (Å²) in [5.41, 5.74) is 0.842. The largest absolute Gasteiger partial charge is 0.446 e. The topological polar surface area (TPSA) is 88.6 Å². The van der Waals surface area contributed by atoms with Gasteiger partial charge in [0.15, 0.2) is 5.71 Å². The van der Waals surface area contributed by atoms with Crippen molar-refractivity contribution >= 4 is 34.8 Å². The van der Waals surface area contributed by atoms with Crippen LogP contribution in [0.3, 0.4) is 0 Å². The van der Waals surface area contributed by atoms with E-state index in [0.29, 0.717) is 17.0 Å². The fourth-order valence-electron chi connectivity index (χ4n) is 2.17. The van der Waals surface area contributed by atoms with Crippen molar-refractivity contribution in [2.45, 2.75) is 12.0 Å². The maximum absolute atomic E-state index is 12.1. The number of rotatable bonds is 7. The molecule has 1 unspecified atom stereocenters. The van der Waals surface area contributed by atoms with Crippen molar-refractivity contribution in [2.24, 2.45) is 5.16 Å². The average molecular weight is 397 g/mol. The Hall–Kier alpha value is -2.51. The Balaban J connectivity index is 2.60. The molecule has 7 nitrogen and oxygen atoms in total. The molecule has 0 saturated carbocycles. The van der Waals surface area contributed by atoms with Crippen molar-refractivity contribution in [1.29, 1.82) is 0 Å². The molecule has 0 aliphatic heterocycles. The number of H-pyrrole nitrogens is 1. The maximum atomic E-state index is 12.1. The molecule has 138 valence electrons. The zero-order valence-electron chi connectivity index (χ0n) is 14.4. The molecule has 0 fully saturated rings. The SMILES string of the molecule is CNC(=O)C(=NOC)C(C)=C(Cl)C(Cl)(Oc1ccn[nH]1)c1ccccc1. The highest BCUT2D eigenvalue weighted by Crippen LogP contribution is 2.42. The van der Waals surface area contributed by atoms with E-state index in [2.05, 4.69) is 20.7 Å². The number of hydrogen-bond acceptors (Lipinski definition) is 5. The van der Waals surface area contributed by atoms with Crippen LogP contribution >= 0.6 is 23.2 Å². The summed E-state index contributed by atoms with van der Waals surface area (Å²) < 4.78 is 5.88. The number of halogens is 2. The molecule has 1 amide bonds. The number of carbonyl (C=O) groups excluding carboxylic acids is 1. The molecule has 9 heteroatoms. The Morgan fingerprint density at radius 3 is 2.54 bits per heavy atom. The number of amides is 1. The summed E-state index contributed by atoms with van der Waals surface area (Å²) in [5, 5.41) is 11.2. The molecule has 2 rings (SSSR count). The number of carbonyl (C=O) groups is 1. The van der Waals surface area contributed by atoms with E-state index in [9.17, 15) is 4.79 Å². The number of benzene rings is 1. The standard InChI is InChI=1S/C17H18Cl2N4O3/c1-11(14(23-25-3)16(24)20-2)15(18)17(19,12-7-5-4-6-8-12)26-13-9-10-21-22-13/h4-10H,1-3H3,(H,20,24)(H,21,22). The van der Waals surface area contributed by atoms with Crippen LogP contribution in [-0.2, 0) is 14.7 Å². The van der Waals surface area contributed by atoms with Crippen LogP contribution in [0.5, 0.6) is 5.88 Å². The van der Waals surface area contributed by atoms with Gasteiger partial charge in [0.1, 0.15) is 7.11 Å². The third kappa shape index (κ3) is 4.17. The molecule has 0 aliphatic rings. The zero-order chi connectivity index (χ0) is 19.2. The number of aromatic nitrogens is 2. The van der Waals surface area contributed by atoms with Gasteiger partial charge >= 0.3 is 0 Å². The molecule has 1 aromatic heterocycles. The molecular formula is C17H18Cl2N4O3. The van der Waals surface area contributed by atoms with E-state index in [1.165, 1.54) is 20.4 Å². The van der Waals surface area contributed by atoms with E-state index >= 15 is 0 Å². The summed E-state index contributed by atoms with van der Waals surface area (Å²) in [7, 11) is 2.80. The van der Waals surface area contributed by atoms with Crippen LogP contribution < -0.4 is 10.1 Å². The molecule has 1 aromatic carbocycles. The minimum atomic E-state index is -1.61.